The van der Waals surface area contributed by atoms with Gasteiger partial charge in [0.25, 0.3) is 0 Å². The van der Waals surface area contributed by atoms with Gasteiger partial charge in [0.1, 0.15) is 11.4 Å². The molecule has 1 unspecified atom stereocenters. The number of hydrogen-bond donors (Lipinski definition) is 1. The number of para-hydroxylation sites is 1. The number of benzene rings is 1. The summed E-state index contributed by atoms with van der Waals surface area (Å²) in [5.41, 5.74) is 8.76. The van der Waals surface area contributed by atoms with Crippen LogP contribution >= 0.6 is 0 Å². The fourth-order valence-corrected chi connectivity index (χ4v) is 2.30. The van der Waals surface area contributed by atoms with E-state index in [1.54, 1.807) is 0 Å². The van der Waals surface area contributed by atoms with Crippen LogP contribution in [0.2, 0.25) is 0 Å². The van der Waals surface area contributed by atoms with Gasteiger partial charge in [0.05, 0.1) is 11.7 Å². The lowest BCUT2D eigenvalue weighted by Gasteiger charge is -2.17. The van der Waals surface area contributed by atoms with Crippen LogP contribution in [0, 0.1) is 6.92 Å². The normalized spacial score (nSPS) is 12.7. The molecule has 4 nitrogen and oxygen atoms in total. The zero-order valence-corrected chi connectivity index (χ0v) is 13.6. The highest BCUT2D eigenvalue weighted by Crippen LogP contribution is 2.36. The topological polar surface area (TPSA) is 53.1 Å². The summed E-state index contributed by atoms with van der Waals surface area (Å²) in [6, 6.07) is 8.34. The zero-order chi connectivity index (χ0) is 15.6. The third-order valence-corrected chi connectivity index (χ3v) is 3.84. The first-order valence-corrected chi connectivity index (χ1v) is 7.57. The van der Waals surface area contributed by atoms with Crippen LogP contribution in [-0.2, 0) is 0 Å². The van der Waals surface area contributed by atoms with Crippen LogP contribution in [0.3, 0.4) is 0 Å². The van der Waals surface area contributed by atoms with Crippen LogP contribution in [-0.4, -0.2) is 9.78 Å². The van der Waals surface area contributed by atoms with E-state index in [9.17, 15) is 0 Å². The predicted molar refractivity (Wildman–Crippen MR) is 87.0 cm³/mol. The van der Waals surface area contributed by atoms with Crippen molar-refractivity contribution in [1.82, 2.24) is 9.78 Å². The summed E-state index contributed by atoms with van der Waals surface area (Å²) in [7, 11) is 0. The van der Waals surface area contributed by atoms with Gasteiger partial charge in [-0.2, -0.15) is 5.10 Å². The molecule has 0 amide bonds. The molecule has 2 rings (SSSR count). The largest absolute Gasteiger partial charge is 0.437 e. The Morgan fingerprint density at radius 1 is 1.24 bits per heavy atom. The third kappa shape index (κ3) is 3.04. The number of aryl methyl sites for hydroxylation is 1. The Bertz CT molecular complexity index is 616. The Balaban J connectivity index is 2.44. The molecule has 0 fully saturated rings. The van der Waals surface area contributed by atoms with Gasteiger partial charge in [-0.1, -0.05) is 32.0 Å². The molecule has 0 spiro atoms. The molecule has 0 bridgehead atoms. The standard InChI is InChI=1S/C17H25N3O/c1-6-12(4)14-9-7-8-10-15(14)21-17-16(18)13(5)19-20(17)11(2)3/h7-12H,6,18H2,1-5H3. The lowest BCUT2D eigenvalue weighted by Crippen LogP contribution is -2.06. The van der Waals surface area contributed by atoms with E-state index in [0.29, 0.717) is 17.5 Å². The van der Waals surface area contributed by atoms with Crippen LogP contribution < -0.4 is 10.5 Å². The summed E-state index contributed by atoms with van der Waals surface area (Å²) in [5, 5.41) is 4.47. The maximum absolute atomic E-state index is 6.15. The minimum absolute atomic E-state index is 0.201. The lowest BCUT2D eigenvalue weighted by atomic mass is 9.98. The van der Waals surface area contributed by atoms with E-state index in [4.69, 9.17) is 10.5 Å². The number of hydrogen-bond acceptors (Lipinski definition) is 3. The quantitative estimate of drug-likeness (QED) is 0.870. The molecule has 1 atom stereocenters. The third-order valence-electron chi connectivity index (χ3n) is 3.84. The first-order chi connectivity index (χ1) is 9.95. The van der Waals surface area contributed by atoms with E-state index in [0.717, 1.165) is 17.9 Å². The highest BCUT2D eigenvalue weighted by molar-refractivity contribution is 5.55. The first-order valence-electron chi connectivity index (χ1n) is 7.57. The molecule has 0 aliphatic heterocycles. The van der Waals surface area contributed by atoms with E-state index < -0.39 is 0 Å². The molecule has 4 heteroatoms. The molecule has 1 heterocycles. The van der Waals surface area contributed by atoms with Gasteiger partial charge >= 0.3 is 0 Å². The van der Waals surface area contributed by atoms with E-state index in [2.05, 4.69) is 38.9 Å². The van der Waals surface area contributed by atoms with Crippen molar-refractivity contribution in [2.75, 3.05) is 5.73 Å². The highest BCUT2D eigenvalue weighted by atomic mass is 16.5. The summed E-state index contributed by atoms with van der Waals surface area (Å²) in [6.07, 6.45) is 1.07. The summed E-state index contributed by atoms with van der Waals surface area (Å²) in [6.45, 7) is 10.4. The van der Waals surface area contributed by atoms with Crippen molar-refractivity contribution in [1.29, 1.82) is 0 Å². The number of anilines is 1. The summed E-state index contributed by atoms with van der Waals surface area (Å²) < 4.78 is 8.00. The number of nitrogens with two attached hydrogens (primary N) is 1. The smallest absolute Gasteiger partial charge is 0.241 e. The fourth-order valence-electron chi connectivity index (χ4n) is 2.30. The molecule has 0 aliphatic rings. The SMILES string of the molecule is CCC(C)c1ccccc1Oc1c(N)c(C)nn1C(C)C. The lowest BCUT2D eigenvalue weighted by molar-refractivity contribution is 0.385. The van der Waals surface area contributed by atoms with E-state index in [-0.39, 0.29) is 6.04 Å². The maximum Gasteiger partial charge on any atom is 0.241 e. The van der Waals surface area contributed by atoms with Crippen LogP contribution in [0.25, 0.3) is 0 Å². The van der Waals surface area contributed by atoms with Crippen LogP contribution in [0.4, 0.5) is 5.69 Å². The number of nitrogens with zero attached hydrogens (tertiary/aromatic N) is 2. The van der Waals surface area contributed by atoms with Gasteiger partial charge in [0.2, 0.25) is 5.88 Å². The van der Waals surface area contributed by atoms with Crippen molar-refractivity contribution in [2.24, 2.45) is 0 Å². The average Bonchev–Trinajstić information content (AvgIpc) is 2.75. The van der Waals surface area contributed by atoms with Gasteiger partial charge in [-0.15, -0.1) is 0 Å². The zero-order valence-electron chi connectivity index (χ0n) is 13.6. The van der Waals surface area contributed by atoms with Crippen molar-refractivity contribution in [3.8, 4) is 11.6 Å². The van der Waals surface area contributed by atoms with Crippen molar-refractivity contribution in [3.05, 3.63) is 35.5 Å². The molecule has 2 aromatic rings. The molecule has 0 saturated carbocycles. The van der Waals surface area contributed by atoms with Gasteiger partial charge in [0.15, 0.2) is 0 Å². The van der Waals surface area contributed by atoms with Crippen LogP contribution in [0.5, 0.6) is 11.6 Å². The second-order valence-electron chi connectivity index (χ2n) is 5.79. The van der Waals surface area contributed by atoms with Gasteiger partial charge in [-0.3, -0.25) is 0 Å². The van der Waals surface area contributed by atoms with Crippen molar-refractivity contribution in [2.45, 2.75) is 53.0 Å². The van der Waals surface area contributed by atoms with Crippen LogP contribution in [0.15, 0.2) is 24.3 Å². The number of rotatable bonds is 5. The number of ether oxygens (including phenoxy) is 1. The minimum atomic E-state index is 0.201. The Labute approximate surface area is 126 Å². The summed E-state index contributed by atoms with van der Waals surface area (Å²) >= 11 is 0. The van der Waals surface area contributed by atoms with Gasteiger partial charge in [0, 0.05) is 0 Å². The maximum atomic E-state index is 6.15. The highest BCUT2D eigenvalue weighted by Gasteiger charge is 2.19. The van der Waals surface area contributed by atoms with E-state index >= 15 is 0 Å². The van der Waals surface area contributed by atoms with Gasteiger partial charge < -0.3 is 10.5 Å². The molecule has 21 heavy (non-hydrogen) atoms. The summed E-state index contributed by atoms with van der Waals surface area (Å²) in [4.78, 5) is 0. The molecule has 1 aromatic heterocycles. The Kier molecular flexibility index (Phi) is 4.56. The summed E-state index contributed by atoms with van der Waals surface area (Å²) in [5.74, 6) is 1.94. The minimum Gasteiger partial charge on any atom is -0.437 e. The van der Waals surface area contributed by atoms with Gasteiger partial charge in [-0.25, -0.2) is 4.68 Å². The first kappa shape index (κ1) is 15.4. The van der Waals surface area contributed by atoms with Crippen LogP contribution in [0.1, 0.15) is 57.3 Å². The number of aromatic nitrogens is 2. The molecular formula is C17H25N3O. The molecule has 0 aliphatic carbocycles. The molecule has 2 N–H and O–H groups in total. The monoisotopic (exact) mass is 287 g/mol. The second kappa shape index (κ2) is 6.20. The molecule has 0 saturated heterocycles. The molecule has 1 aromatic carbocycles. The second-order valence-corrected chi connectivity index (χ2v) is 5.79. The number of nitrogen functional groups attached to an aromatic ring is 1. The van der Waals surface area contributed by atoms with Crippen molar-refractivity contribution < 1.29 is 4.74 Å². The molecule has 0 radical (unpaired) electrons. The molecule has 114 valence electrons. The fraction of sp³-hybridized carbons (Fsp3) is 0.471. The predicted octanol–water partition coefficient (Wildman–Crippen LogP) is 4.66. The Morgan fingerprint density at radius 2 is 1.90 bits per heavy atom. The van der Waals surface area contributed by atoms with Crippen molar-refractivity contribution >= 4 is 5.69 Å². The average molecular weight is 287 g/mol. The van der Waals surface area contributed by atoms with Crippen molar-refractivity contribution in [3.63, 3.8) is 0 Å². The Hall–Kier alpha value is -1.97. The van der Waals surface area contributed by atoms with E-state index in [1.165, 1.54) is 5.56 Å². The molecular weight excluding hydrogens is 262 g/mol. The van der Waals surface area contributed by atoms with E-state index in [1.807, 2.05) is 29.8 Å². The Morgan fingerprint density at radius 3 is 2.52 bits per heavy atom. The van der Waals surface area contributed by atoms with Gasteiger partial charge in [-0.05, 0) is 44.7 Å².